The fraction of sp³-hybridized carbons (Fsp3) is 0.286. The topological polar surface area (TPSA) is 77.0 Å². The average Bonchev–Trinajstić information content (AvgIpc) is 3.26. The zero-order valence-electron chi connectivity index (χ0n) is 15.3. The Labute approximate surface area is 158 Å². The molecule has 0 unspecified atom stereocenters. The van der Waals surface area contributed by atoms with Gasteiger partial charge in [-0.1, -0.05) is 53.7 Å². The highest BCUT2D eigenvalue weighted by molar-refractivity contribution is 5.79. The van der Waals surface area contributed by atoms with E-state index in [1.165, 1.54) is 5.56 Å². The minimum Gasteiger partial charge on any atom is -0.340 e. The minimum atomic E-state index is -0.0440. The Kier molecular flexibility index (Phi) is 4.73. The van der Waals surface area contributed by atoms with Gasteiger partial charge in [-0.3, -0.25) is 4.79 Å². The van der Waals surface area contributed by atoms with Crippen molar-refractivity contribution in [1.29, 1.82) is 0 Å². The third-order valence-corrected chi connectivity index (χ3v) is 5.26. The number of amides is 1. The molecule has 0 radical (unpaired) electrons. The Balaban J connectivity index is 1.47. The maximum Gasteiger partial charge on any atom is 0.228 e. The number of benzene rings is 2. The van der Waals surface area contributed by atoms with Crippen molar-refractivity contribution in [3.63, 3.8) is 0 Å². The van der Waals surface area contributed by atoms with Gasteiger partial charge in [0.2, 0.25) is 5.91 Å². The van der Waals surface area contributed by atoms with Crippen molar-refractivity contribution in [2.45, 2.75) is 25.3 Å². The molecular weight excluding hydrogens is 338 g/mol. The first-order chi connectivity index (χ1) is 13.1. The number of likely N-dealkylation sites (tertiary alicyclic amines) is 1. The van der Waals surface area contributed by atoms with Crippen LogP contribution in [0, 0.1) is 6.92 Å². The number of carbonyl (C=O) groups is 1. The van der Waals surface area contributed by atoms with Gasteiger partial charge < -0.3 is 10.6 Å². The molecule has 1 amide bonds. The first-order valence-electron chi connectivity index (χ1n) is 9.18. The van der Waals surface area contributed by atoms with Crippen molar-refractivity contribution in [3.8, 4) is 5.69 Å². The van der Waals surface area contributed by atoms with Gasteiger partial charge in [0, 0.05) is 25.0 Å². The van der Waals surface area contributed by atoms with Crippen molar-refractivity contribution >= 4 is 5.91 Å². The van der Waals surface area contributed by atoms with Crippen LogP contribution in [0.3, 0.4) is 0 Å². The van der Waals surface area contributed by atoms with Gasteiger partial charge in [-0.25, -0.2) is 4.68 Å². The largest absolute Gasteiger partial charge is 0.340 e. The zero-order chi connectivity index (χ0) is 18.8. The summed E-state index contributed by atoms with van der Waals surface area (Å²) in [7, 11) is 0. The Morgan fingerprint density at radius 1 is 1.07 bits per heavy atom. The van der Waals surface area contributed by atoms with E-state index in [2.05, 4.69) is 22.4 Å². The van der Waals surface area contributed by atoms with Crippen LogP contribution < -0.4 is 5.73 Å². The SMILES string of the molecule is Cc1c(CC(=O)N2C[C@@H](N)[C@H](c3ccccc3)C2)nnn1-c1ccccc1. The molecule has 6 nitrogen and oxygen atoms in total. The third-order valence-electron chi connectivity index (χ3n) is 5.26. The van der Waals surface area contributed by atoms with Gasteiger partial charge in [-0.05, 0) is 24.6 Å². The van der Waals surface area contributed by atoms with Gasteiger partial charge in [0.25, 0.3) is 0 Å². The Morgan fingerprint density at radius 3 is 2.44 bits per heavy atom. The summed E-state index contributed by atoms with van der Waals surface area (Å²) in [6, 6.07) is 19.9. The molecule has 1 aliphatic heterocycles. The molecule has 2 N–H and O–H groups in total. The summed E-state index contributed by atoms with van der Waals surface area (Å²) in [4.78, 5) is 14.7. The molecule has 1 fully saturated rings. The summed E-state index contributed by atoms with van der Waals surface area (Å²) in [6.07, 6.45) is 0.243. The molecule has 1 aliphatic rings. The molecule has 3 aromatic rings. The molecular formula is C21H23N5O. The summed E-state index contributed by atoms with van der Waals surface area (Å²) in [6.45, 7) is 3.16. The summed E-state index contributed by atoms with van der Waals surface area (Å²) < 4.78 is 1.77. The molecule has 2 aromatic carbocycles. The number of nitrogens with two attached hydrogens (primary N) is 1. The van der Waals surface area contributed by atoms with E-state index in [1.54, 1.807) is 4.68 Å². The molecule has 4 rings (SSSR count). The molecule has 2 atom stereocenters. The highest BCUT2D eigenvalue weighted by atomic mass is 16.2. The molecule has 0 saturated carbocycles. The smallest absolute Gasteiger partial charge is 0.228 e. The van der Waals surface area contributed by atoms with Crippen LogP contribution in [-0.4, -0.2) is 44.9 Å². The van der Waals surface area contributed by atoms with Crippen molar-refractivity contribution < 1.29 is 4.79 Å². The van der Waals surface area contributed by atoms with E-state index in [-0.39, 0.29) is 24.3 Å². The molecule has 0 aliphatic carbocycles. The lowest BCUT2D eigenvalue weighted by Crippen LogP contribution is -2.33. The van der Waals surface area contributed by atoms with Crippen molar-refractivity contribution in [3.05, 3.63) is 77.6 Å². The van der Waals surface area contributed by atoms with Gasteiger partial charge in [-0.15, -0.1) is 5.10 Å². The number of carbonyl (C=O) groups excluding carboxylic acids is 1. The van der Waals surface area contributed by atoms with Crippen molar-refractivity contribution in [1.82, 2.24) is 19.9 Å². The summed E-state index contributed by atoms with van der Waals surface area (Å²) in [5.41, 5.74) is 10.0. The van der Waals surface area contributed by atoms with Crippen LogP contribution >= 0.6 is 0 Å². The molecule has 0 bridgehead atoms. The predicted molar refractivity (Wildman–Crippen MR) is 104 cm³/mol. The predicted octanol–water partition coefficient (Wildman–Crippen LogP) is 2.07. The molecule has 0 spiro atoms. The number of rotatable bonds is 4. The van der Waals surface area contributed by atoms with Gasteiger partial charge >= 0.3 is 0 Å². The summed E-state index contributed by atoms with van der Waals surface area (Å²) in [5, 5.41) is 8.45. The number of hydrogen-bond acceptors (Lipinski definition) is 4. The molecule has 1 saturated heterocycles. The number of nitrogens with zero attached hydrogens (tertiary/aromatic N) is 4. The van der Waals surface area contributed by atoms with Gasteiger partial charge in [0.15, 0.2) is 0 Å². The monoisotopic (exact) mass is 361 g/mol. The number of hydrogen-bond donors (Lipinski definition) is 1. The zero-order valence-corrected chi connectivity index (χ0v) is 15.3. The lowest BCUT2D eigenvalue weighted by molar-refractivity contribution is -0.129. The maximum atomic E-state index is 12.8. The van der Waals surface area contributed by atoms with Gasteiger partial charge in [-0.2, -0.15) is 0 Å². The van der Waals surface area contributed by atoms with Crippen LogP contribution in [0.15, 0.2) is 60.7 Å². The first-order valence-corrected chi connectivity index (χ1v) is 9.18. The van der Waals surface area contributed by atoms with E-state index in [9.17, 15) is 4.79 Å². The van der Waals surface area contributed by atoms with E-state index in [0.29, 0.717) is 18.8 Å². The highest BCUT2D eigenvalue weighted by Crippen LogP contribution is 2.27. The first kappa shape index (κ1) is 17.4. The van der Waals surface area contributed by atoms with E-state index in [1.807, 2.05) is 60.4 Å². The van der Waals surface area contributed by atoms with E-state index in [4.69, 9.17) is 5.73 Å². The van der Waals surface area contributed by atoms with Gasteiger partial charge in [0.1, 0.15) is 0 Å². The minimum absolute atomic E-state index is 0.0440. The second-order valence-corrected chi connectivity index (χ2v) is 7.03. The molecule has 6 heteroatoms. The number of aromatic nitrogens is 3. The summed E-state index contributed by atoms with van der Waals surface area (Å²) >= 11 is 0. The second-order valence-electron chi connectivity index (χ2n) is 7.03. The van der Waals surface area contributed by atoms with Crippen LogP contribution in [0.2, 0.25) is 0 Å². The standard InChI is InChI=1S/C21H23N5O/c1-15-20(23-24-26(15)17-10-6-3-7-11-17)12-21(27)25-13-18(19(22)14-25)16-8-4-2-5-9-16/h2-11,18-19H,12-14,22H2,1H3/t18-,19+/m0/s1. The molecule has 2 heterocycles. The quantitative estimate of drug-likeness (QED) is 0.772. The second kappa shape index (κ2) is 7.32. The maximum absolute atomic E-state index is 12.8. The molecule has 27 heavy (non-hydrogen) atoms. The normalized spacial score (nSPS) is 19.4. The Bertz CT molecular complexity index is 922. The van der Waals surface area contributed by atoms with E-state index < -0.39 is 0 Å². The van der Waals surface area contributed by atoms with Gasteiger partial charge in [0.05, 0.1) is 23.5 Å². The Hall–Kier alpha value is -2.99. The van der Waals surface area contributed by atoms with Crippen molar-refractivity contribution in [2.75, 3.05) is 13.1 Å². The number of para-hydroxylation sites is 1. The highest BCUT2D eigenvalue weighted by Gasteiger charge is 2.34. The summed E-state index contributed by atoms with van der Waals surface area (Å²) in [5.74, 6) is 0.225. The van der Waals surface area contributed by atoms with E-state index >= 15 is 0 Å². The van der Waals surface area contributed by atoms with Crippen molar-refractivity contribution in [2.24, 2.45) is 5.73 Å². The van der Waals surface area contributed by atoms with Crippen LogP contribution in [0.4, 0.5) is 0 Å². The average molecular weight is 361 g/mol. The fourth-order valence-electron chi connectivity index (χ4n) is 3.68. The Morgan fingerprint density at radius 2 is 1.74 bits per heavy atom. The fourth-order valence-corrected chi connectivity index (χ4v) is 3.68. The lowest BCUT2D eigenvalue weighted by Gasteiger charge is -2.16. The molecule has 138 valence electrons. The van der Waals surface area contributed by atoms with Crippen LogP contribution in [0.1, 0.15) is 22.9 Å². The molecule has 1 aromatic heterocycles. The van der Waals surface area contributed by atoms with Crippen LogP contribution in [0.25, 0.3) is 5.69 Å². The lowest BCUT2D eigenvalue weighted by atomic mass is 9.95. The van der Waals surface area contributed by atoms with E-state index in [0.717, 1.165) is 11.4 Å². The third kappa shape index (κ3) is 3.48. The van der Waals surface area contributed by atoms with Crippen LogP contribution in [-0.2, 0) is 11.2 Å². The van der Waals surface area contributed by atoms with Crippen LogP contribution in [0.5, 0.6) is 0 Å².